The van der Waals surface area contributed by atoms with Gasteiger partial charge in [0.05, 0.1) is 27.2 Å². The highest BCUT2D eigenvalue weighted by Crippen LogP contribution is 1.98. The van der Waals surface area contributed by atoms with Crippen LogP contribution in [0.3, 0.4) is 0 Å². The molecule has 0 aliphatic heterocycles. The topological polar surface area (TPSA) is 63.7 Å². The minimum absolute atomic E-state index is 1.17. The molecule has 0 amide bonds. The summed E-state index contributed by atoms with van der Waals surface area (Å²) in [5, 5.41) is 16.6. The molecule has 0 atom stereocenters. The van der Waals surface area contributed by atoms with Gasteiger partial charge in [0, 0.05) is 0 Å². The maximum absolute atomic E-state index is 9.89. The van der Waals surface area contributed by atoms with Crippen molar-refractivity contribution in [2.75, 3.05) is 0 Å². The Balaban J connectivity index is 0.000000439. The molecular weight excluding hydrogens is 358 g/mol. The van der Waals surface area contributed by atoms with Crippen LogP contribution < -0.4 is 19.2 Å². The van der Waals surface area contributed by atoms with Crippen molar-refractivity contribution < 1.29 is 23.5 Å². The zero-order valence-corrected chi connectivity index (χ0v) is 18.1. The summed E-state index contributed by atoms with van der Waals surface area (Å²) in [6, 6.07) is 0. The molecule has 0 bridgehead atoms. The number of aryl methyl sites for hydroxylation is 4. The smallest absolute Gasteiger partial charge is 0.243 e. The Morgan fingerprint density at radius 1 is 0.750 bits per heavy atom. The van der Waals surface area contributed by atoms with Crippen LogP contribution >= 0.6 is 0 Å². The van der Waals surface area contributed by atoms with Crippen molar-refractivity contribution in [3.8, 4) is 0 Å². The summed E-state index contributed by atoms with van der Waals surface area (Å²) in [6.45, 7) is 6.83. The molecule has 0 aromatic carbocycles. The number of hydrogen-bond donors (Lipinski definition) is 0. The molecule has 2 rings (SSSR count). The standard InChI is InChI=1S/2C10H19N2.BFO2/c2*1-3-4-5-6-7-12-9-8-11(2)10-12;2-1(3)4/h2*8-10H,3-7H2,1-2H3;/q2*+1;-2. The van der Waals surface area contributed by atoms with Gasteiger partial charge < -0.3 is 14.4 Å². The molecule has 6 nitrogen and oxygen atoms in total. The quantitative estimate of drug-likeness (QED) is 0.347. The van der Waals surface area contributed by atoms with Gasteiger partial charge in [-0.25, -0.2) is 18.3 Å². The summed E-state index contributed by atoms with van der Waals surface area (Å²) in [6.07, 6.45) is 23.4. The predicted octanol–water partition coefficient (Wildman–Crippen LogP) is 1.45. The Hall–Kier alpha value is -1.67. The zero-order chi connectivity index (χ0) is 21.2. The molecule has 0 spiro atoms. The van der Waals surface area contributed by atoms with Crippen molar-refractivity contribution in [3.05, 3.63) is 37.4 Å². The number of unbranched alkanes of at least 4 members (excludes halogenated alkanes) is 6. The van der Waals surface area contributed by atoms with E-state index in [0.717, 1.165) is 0 Å². The molecule has 0 saturated carbocycles. The molecule has 0 fully saturated rings. The SMILES string of the molecule is CCCCCC[n+]1ccn(C)c1.CCCCCC[n+]1ccn(C)c1.[O-]B([O-])F. The lowest BCUT2D eigenvalue weighted by Gasteiger charge is -2.09. The van der Waals surface area contributed by atoms with E-state index in [2.05, 4.69) is 83.7 Å². The van der Waals surface area contributed by atoms with Gasteiger partial charge >= 0.3 is 0 Å². The van der Waals surface area contributed by atoms with Crippen LogP contribution in [0.15, 0.2) is 37.4 Å². The van der Waals surface area contributed by atoms with Gasteiger partial charge in [-0.05, 0) is 25.7 Å². The zero-order valence-electron chi connectivity index (χ0n) is 18.1. The summed E-state index contributed by atoms with van der Waals surface area (Å²) in [7, 11) is 0.949. The Morgan fingerprint density at radius 3 is 1.36 bits per heavy atom. The average molecular weight is 396 g/mol. The Bertz CT molecular complexity index is 539. The Morgan fingerprint density at radius 2 is 1.11 bits per heavy atom. The highest BCUT2D eigenvalue weighted by atomic mass is 19.1. The molecule has 160 valence electrons. The molecule has 2 aromatic heterocycles. The van der Waals surface area contributed by atoms with Crippen LogP contribution in [0.2, 0.25) is 0 Å². The van der Waals surface area contributed by atoms with Gasteiger partial charge in [-0.2, -0.15) is 0 Å². The number of nitrogens with zero attached hydrogens (tertiary/aromatic N) is 4. The fraction of sp³-hybridized carbons (Fsp3) is 0.700. The van der Waals surface area contributed by atoms with Gasteiger partial charge in [0.15, 0.2) is 0 Å². The maximum atomic E-state index is 9.89. The van der Waals surface area contributed by atoms with E-state index in [9.17, 15) is 4.32 Å². The van der Waals surface area contributed by atoms with Gasteiger partial charge in [-0.15, -0.1) is 0 Å². The third kappa shape index (κ3) is 16.5. The van der Waals surface area contributed by atoms with E-state index in [1.165, 1.54) is 64.5 Å². The summed E-state index contributed by atoms with van der Waals surface area (Å²) in [5.74, 6) is 0. The fourth-order valence-corrected chi connectivity index (χ4v) is 2.71. The first-order valence-electron chi connectivity index (χ1n) is 10.4. The van der Waals surface area contributed by atoms with E-state index in [1.54, 1.807) is 0 Å². The first-order chi connectivity index (χ1) is 13.4. The maximum Gasteiger partial charge on any atom is 0.243 e. The average Bonchev–Trinajstić information content (AvgIpc) is 3.24. The molecule has 0 N–H and O–H groups in total. The minimum atomic E-state index is -3.17. The molecule has 2 heterocycles. The summed E-state index contributed by atoms with van der Waals surface area (Å²) >= 11 is 0. The van der Waals surface area contributed by atoms with E-state index >= 15 is 0 Å². The van der Waals surface area contributed by atoms with Gasteiger partial charge in [0.2, 0.25) is 12.7 Å². The van der Waals surface area contributed by atoms with Crippen LogP contribution in [-0.4, -0.2) is 16.5 Å². The first-order valence-corrected chi connectivity index (χ1v) is 10.4. The third-order valence-electron chi connectivity index (χ3n) is 4.19. The molecule has 2 aromatic rings. The van der Waals surface area contributed by atoms with E-state index in [1.807, 2.05) is 0 Å². The second-order valence-electron chi connectivity index (χ2n) is 7.03. The van der Waals surface area contributed by atoms with Crippen molar-refractivity contribution in [1.82, 2.24) is 9.13 Å². The van der Waals surface area contributed by atoms with Crippen molar-refractivity contribution in [2.45, 2.75) is 78.3 Å². The van der Waals surface area contributed by atoms with Crippen molar-refractivity contribution >= 4 is 7.40 Å². The molecule has 0 aliphatic carbocycles. The lowest BCUT2D eigenvalue weighted by Crippen LogP contribution is -2.39. The largest absolute Gasteiger partial charge is 0.867 e. The first kappa shape index (κ1) is 26.3. The van der Waals surface area contributed by atoms with Crippen LogP contribution in [0.1, 0.15) is 65.2 Å². The highest BCUT2D eigenvalue weighted by Gasteiger charge is 1.99. The van der Waals surface area contributed by atoms with Gasteiger partial charge in [0.1, 0.15) is 32.2 Å². The summed E-state index contributed by atoms with van der Waals surface area (Å²) in [5.41, 5.74) is 0. The Kier molecular flexibility index (Phi) is 16.4. The molecular formula is C20H38BFN4O2. The third-order valence-corrected chi connectivity index (χ3v) is 4.19. The normalized spacial score (nSPS) is 9.96. The molecule has 0 radical (unpaired) electrons. The molecule has 0 aliphatic rings. The lowest BCUT2D eigenvalue weighted by molar-refractivity contribution is -0.697. The minimum Gasteiger partial charge on any atom is -0.867 e. The number of aromatic nitrogens is 4. The summed E-state index contributed by atoms with van der Waals surface area (Å²) < 4.78 is 18.5. The van der Waals surface area contributed by atoms with Crippen LogP contribution in [-0.2, 0) is 27.2 Å². The number of halogens is 1. The van der Waals surface area contributed by atoms with E-state index < -0.39 is 7.40 Å². The Labute approximate surface area is 170 Å². The van der Waals surface area contributed by atoms with E-state index in [-0.39, 0.29) is 0 Å². The van der Waals surface area contributed by atoms with E-state index in [4.69, 9.17) is 10.0 Å². The lowest BCUT2D eigenvalue weighted by atomic mass is 10.2. The fourth-order valence-electron chi connectivity index (χ4n) is 2.71. The van der Waals surface area contributed by atoms with Crippen LogP contribution in [0.25, 0.3) is 0 Å². The van der Waals surface area contributed by atoms with Gasteiger partial charge in [-0.1, -0.05) is 39.5 Å². The second-order valence-corrected chi connectivity index (χ2v) is 7.03. The van der Waals surface area contributed by atoms with Crippen molar-refractivity contribution in [3.63, 3.8) is 0 Å². The monoisotopic (exact) mass is 396 g/mol. The highest BCUT2D eigenvalue weighted by molar-refractivity contribution is 6.27. The van der Waals surface area contributed by atoms with Gasteiger partial charge in [-0.3, -0.25) is 0 Å². The molecule has 0 unspecified atom stereocenters. The van der Waals surface area contributed by atoms with Crippen LogP contribution in [0.4, 0.5) is 4.32 Å². The van der Waals surface area contributed by atoms with Crippen LogP contribution in [0.5, 0.6) is 0 Å². The number of imidazole rings is 2. The van der Waals surface area contributed by atoms with Crippen molar-refractivity contribution in [1.29, 1.82) is 0 Å². The molecule has 28 heavy (non-hydrogen) atoms. The molecule has 8 heteroatoms. The van der Waals surface area contributed by atoms with E-state index in [0.29, 0.717) is 0 Å². The number of hydrogen-bond acceptors (Lipinski definition) is 2. The number of rotatable bonds is 10. The molecule has 0 saturated heterocycles. The van der Waals surface area contributed by atoms with Crippen LogP contribution in [0, 0.1) is 0 Å². The second kappa shape index (κ2) is 17.4. The van der Waals surface area contributed by atoms with Crippen molar-refractivity contribution in [2.24, 2.45) is 14.1 Å². The van der Waals surface area contributed by atoms with Gasteiger partial charge in [0.25, 0.3) is 0 Å². The summed E-state index contributed by atoms with van der Waals surface area (Å²) in [4.78, 5) is 0. The predicted molar refractivity (Wildman–Crippen MR) is 106 cm³/mol.